The van der Waals surface area contributed by atoms with Gasteiger partial charge in [-0.05, 0) is 30.2 Å². The Morgan fingerprint density at radius 1 is 1.12 bits per heavy atom. The van der Waals surface area contributed by atoms with E-state index in [0.717, 1.165) is 28.0 Å². The lowest BCUT2D eigenvalue weighted by Gasteiger charge is -2.21. The van der Waals surface area contributed by atoms with Crippen LogP contribution in [0, 0.1) is 6.92 Å². The fourth-order valence-electron chi connectivity index (χ4n) is 3.30. The number of hydrogen-bond donors (Lipinski definition) is 0. The Morgan fingerprint density at radius 2 is 1.96 bits per heavy atom. The van der Waals surface area contributed by atoms with E-state index in [0.29, 0.717) is 25.3 Å². The van der Waals surface area contributed by atoms with Gasteiger partial charge in [0, 0.05) is 24.5 Å². The molecule has 130 valence electrons. The van der Waals surface area contributed by atoms with Gasteiger partial charge in [0.2, 0.25) is 0 Å². The van der Waals surface area contributed by atoms with Gasteiger partial charge >= 0.3 is 0 Å². The van der Waals surface area contributed by atoms with Gasteiger partial charge in [-0.1, -0.05) is 48.0 Å². The van der Waals surface area contributed by atoms with Gasteiger partial charge in [0.05, 0.1) is 12.1 Å². The summed E-state index contributed by atoms with van der Waals surface area (Å²) in [4.78, 5) is 19.3. The molecule has 0 spiro atoms. The number of benzene rings is 2. The quantitative estimate of drug-likeness (QED) is 0.703. The lowest BCUT2D eigenvalue weighted by molar-refractivity contribution is 0.0733. The average molecular weight is 344 g/mol. The Bertz CT molecular complexity index is 938. The monoisotopic (exact) mass is 344 g/mol. The lowest BCUT2D eigenvalue weighted by atomic mass is 10.0. The SMILES string of the molecule is Cc1ccc2c(c1)CN(C(=O)c1cnccc1-c1ccccc1)CCO2. The third kappa shape index (κ3) is 3.18. The molecule has 0 bridgehead atoms. The van der Waals surface area contributed by atoms with E-state index in [1.54, 1.807) is 12.4 Å². The number of rotatable bonds is 2. The first-order valence-electron chi connectivity index (χ1n) is 8.73. The summed E-state index contributed by atoms with van der Waals surface area (Å²) < 4.78 is 5.83. The van der Waals surface area contributed by atoms with Crippen LogP contribution >= 0.6 is 0 Å². The maximum Gasteiger partial charge on any atom is 0.256 e. The fourth-order valence-corrected chi connectivity index (χ4v) is 3.30. The molecule has 0 saturated heterocycles. The standard InChI is InChI=1S/C22H20N2O2/c1-16-7-8-21-18(13-16)15-24(11-12-26-21)22(25)20-14-23-10-9-19(20)17-5-3-2-4-6-17/h2-10,13-14H,11-12,15H2,1H3. The van der Waals surface area contributed by atoms with Crippen molar-refractivity contribution in [1.82, 2.24) is 9.88 Å². The van der Waals surface area contributed by atoms with E-state index in [1.807, 2.05) is 60.4 Å². The highest BCUT2D eigenvalue weighted by Crippen LogP contribution is 2.27. The predicted octanol–water partition coefficient (Wildman–Crippen LogP) is 4.09. The van der Waals surface area contributed by atoms with Gasteiger partial charge in [-0.2, -0.15) is 0 Å². The van der Waals surface area contributed by atoms with Crippen molar-refractivity contribution in [1.29, 1.82) is 0 Å². The largest absolute Gasteiger partial charge is 0.491 e. The molecule has 0 saturated carbocycles. The topological polar surface area (TPSA) is 42.4 Å². The molecule has 4 nitrogen and oxygen atoms in total. The Kier molecular flexibility index (Phi) is 4.40. The highest BCUT2D eigenvalue weighted by atomic mass is 16.5. The second-order valence-corrected chi connectivity index (χ2v) is 6.47. The molecule has 1 aliphatic heterocycles. The summed E-state index contributed by atoms with van der Waals surface area (Å²) >= 11 is 0. The molecule has 2 aromatic carbocycles. The fraction of sp³-hybridized carbons (Fsp3) is 0.182. The summed E-state index contributed by atoms with van der Waals surface area (Å²) in [5.41, 5.74) is 4.74. The van der Waals surface area contributed by atoms with Crippen molar-refractivity contribution in [3.8, 4) is 16.9 Å². The van der Waals surface area contributed by atoms with Crippen molar-refractivity contribution in [3.05, 3.63) is 83.7 Å². The molecule has 0 N–H and O–H groups in total. The van der Waals surface area contributed by atoms with Gasteiger partial charge in [0.25, 0.3) is 5.91 Å². The normalized spacial score (nSPS) is 13.5. The minimum atomic E-state index is -0.0186. The summed E-state index contributed by atoms with van der Waals surface area (Å²) in [6.07, 6.45) is 3.39. The molecule has 0 atom stereocenters. The lowest BCUT2D eigenvalue weighted by Crippen LogP contribution is -2.32. The van der Waals surface area contributed by atoms with Crippen LogP contribution in [0.3, 0.4) is 0 Å². The zero-order chi connectivity index (χ0) is 17.9. The minimum absolute atomic E-state index is 0.0186. The molecule has 26 heavy (non-hydrogen) atoms. The zero-order valence-electron chi connectivity index (χ0n) is 14.7. The maximum atomic E-state index is 13.3. The molecular formula is C22H20N2O2. The van der Waals surface area contributed by atoms with Crippen LogP contribution in [0.4, 0.5) is 0 Å². The van der Waals surface area contributed by atoms with Crippen LogP contribution in [0.1, 0.15) is 21.5 Å². The Labute approximate surface area is 153 Å². The van der Waals surface area contributed by atoms with Gasteiger partial charge in [0.1, 0.15) is 12.4 Å². The molecule has 4 rings (SSSR count). The van der Waals surface area contributed by atoms with Crippen LogP contribution in [0.15, 0.2) is 67.0 Å². The van der Waals surface area contributed by atoms with Crippen LogP contribution in [0.2, 0.25) is 0 Å². The van der Waals surface area contributed by atoms with Crippen LogP contribution < -0.4 is 4.74 Å². The van der Waals surface area contributed by atoms with Crippen LogP contribution in [-0.4, -0.2) is 28.9 Å². The number of carbonyl (C=O) groups is 1. The maximum absolute atomic E-state index is 13.3. The third-order valence-electron chi connectivity index (χ3n) is 4.62. The van der Waals surface area contributed by atoms with Gasteiger partial charge < -0.3 is 9.64 Å². The molecule has 0 unspecified atom stereocenters. The number of fused-ring (bicyclic) bond motifs is 1. The molecule has 0 aliphatic carbocycles. The molecule has 2 heterocycles. The van der Waals surface area contributed by atoms with Crippen LogP contribution in [0.25, 0.3) is 11.1 Å². The molecule has 1 aromatic heterocycles. The van der Waals surface area contributed by atoms with E-state index < -0.39 is 0 Å². The molecular weight excluding hydrogens is 324 g/mol. The van der Waals surface area contributed by atoms with Crippen molar-refractivity contribution < 1.29 is 9.53 Å². The van der Waals surface area contributed by atoms with Crippen molar-refractivity contribution in [2.75, 3.05) is 13.2 Å². The first-order chi connectivity index (χ1) is 12.7. The van der Waals surface area contributed by atoms with Crippen molar-refractivity contribution >= 4 is 5.91 Å². The molecule has 0 fully saturated rings. The van der Waals surface area contributed by atoms with Gasteiger partial charge in [0.15, 0.2) is 0 Å². The molecule has 3 aromatic rings. The summed E-state index contributed by atoms with van der Waals surface area (Å²) in [5, 5.41) is 0. The molecule has 4 heteroatoms. The number of hydrogen-bond acceptors (Lipinski definition) is 3. The van der Waals surface area contributed by atoms with E-state index in [-0.39, 0.29) is 5.91 Å². The Morgan fingerprint density at radius 3 is 2.81 bits per heavy atom. The van der Waals surface area contributed by atoms with E-state index in [9.17, 15) is 4.79 Å². The van der Waals surface area contributed by atoms with E-state index >= 15 is 0 Å². The number of nitrogens with zero attached hydrogens (tertiary/aromatic N) is 2. The molecule has 1 aliphatic rings. The second-order valence-electron chi connectivity index (χ2n) is 6.47. The highest BCUT2D eigenvalue weighted by molar-refractivity contribution is 6.00. The number of aryl methyl sites for hydroxylation is 1. The number of carbonyl (C=O) groups excluding carboxylic acids is 1. The summed E-state index contributed by atoms with van der Waals surface area (Å²) in [6, 6.07) is 17.9. The first kappa shape index (κ1) is 16.3. The average Bonchev–Trinajstić information content (AvgIpc) is 2.90. The number of ether oxygens (including phenoxy) is 1. The third-order valence-corrected chi connectivity index (χ3v) is 4.62. The first-order valence-corrected chi connectivity index (χ1v) is 8.73. The summed E-state index contributed by atoms with van der Waals surface area (Å²) in [7, 11) is 0. The van der Waals surface area contributed by atoms with Gasteiger partial charge in [-0.3, -0.25) is 9.78 Å². The van der Waals surface area contributed by atoms with Gasteiger partial charge in [-0.25, -0.2) is 0 Å². The zero-order valence-corrected chi connectivity index (χ0v) is 14.7. The number of amides is 1. The van der Waals surface area contributed by atoms with E-state index in [2.05, 4.69) is 11.1 Å². The van der Waals surface area contributed by atoms with Crippen LogP contribution in [-0.2, 0) is 6.54 Å². The Balaban J connectivity index is 1.68. The summed E-state index contributed by atoms with van der Waals surface area (Å²) in [6.45, 7) is 3.63. The predicted molar refractivity (Wildman–Crippen MR) is 101 cm³/mol. The second kappa shape index (κ2) is 7.00. The molecule has 0 radical (unpaired) electrons. The van der Waals surface area contributed by atoms with Crippen LogP contribution in [0.5, 0.6) is 5.75 Å². The van der Waals surface area contributed by atoms with Crippen molar-refractivity contribution in [3.63, 3.8) is 0 Å². The van der Waals surface area contributed by atoms with Crippen molar-refractivity contribution in [2.45, 2.75) is 13.5 Å². The minimum Gasteiger partial charge on any atom is -0.491 e. The number of aromatic nitrogens is 1. The van der Waals surface area contributed by atoms with E-state index in [1.165, 1.54) is 0 Å². The summed E-state index contributed by atoms with van der Waals surface area (Å²) in [5.74, 6) is 0.843. The Hall–Kier alpha value is -3.14. The smallest absolute Gasteiger partial charge is 0.256 e. The molecule has 1 amide bonds. The van der Waals surface area contributed by atoms with E-state index in [4.69, 9.17) is 4.74 Å². The number of pyridine rings is 1. The highest BCUT2D eigenvalue weighted by Gasteiger charge is 2.23. The van der Waals surface area contributed by atoms with Gasteiger partial charge in [-0.15, -0.1) is 0 Å². The van der Waals surface area contributed by atoms with Crippen molar-refractivity contribution in [2.24, 2.45) is 0 Å².